The van der Waals surface area contributed by atoms with Gasteiger partial charge < -0.3 is 4.90 Å². The number of anilines is 2. The first-order chi connectivity index (χ1) is 16.6. The number of carbonyl (C=O) groups is 1. The zero-order valence-electron chi connectivity index (χ0n) is 18.9. The molecule has 180 valence electrons. The minimum Gasteiger partial charge on any atom is -0.337 e. The molecule has 0 aliphatic carbocycles. The van der Waals surface area contributed by atoms with E-state index in [-0.39, 0.29) is 21.7 Å². The number of hydrazone groups is 1. The highest BCUT2D eigenvalue weighted by atomic mass is 32.2. The lowest BCUT2D eigenvalue weighted by molar-refractivity contribution is -0.112. The Labute approximate surface area is 209 Å². The molecule has 3 heterocycles. The number of nitrogens with zero attached hydrogens (tertiary/aromatic N) is 4. The second-order valence-electron chi connectivity index (χ2n) is 7.87. The fourth-order valence-electron chi connectivity index (χ4n) is 4.02. The van der Waals surface area contributed by atoms with Crippen molar-refractivity contribution in [1.29, 1.82) is 0 Å². The van der Waals surface area contributed by atoms with Crippen molar-refractivity contribution >= 4 is 66.8 Å². The Hall–Kier alpha value is -3.19. The van der Waals surface area contributed by atoms with Crippen LogP contribution in [0.5, 0.6) is 0 Å². The number of benzene rings is 2. The van der Waals surface area contributed by atoms with Crippen molar-refractivity contribution in [2.75, 3.05) is 17.0 Å². The third-order valence-corrected chi connectivity index (χ3v) is 9.13. The third-order valence-electron chi connectivity index (χ3n) is 5.72. The monoisotopic (exact) mass is 528 g/mol. The number of hydrogen-bond acceptors (Lipinski definition) is 8. The molecule has 3 aromatic rings. The van der Waals surface area contributed by atoms with Crippen molar-refractivity contribution in [3.63, 3.8) is 0 Å². The molecule has 35 heavy (non-hydrogen) atoms. The van der Waals surface area contributed by atoms with Gasteiger partial charge in [-0.1, -0.05) is 30.0 Å². The van der Waals surface area contributed by atoms with Crippen molar-refractivity contribution in [2.24, 2.45) is 5.10 Å². The van der Waals surface area contributed by atoms with Crippen LogP contribution in [-0.4, -0.2) is 36.2 Å². The number of fused-ring (bicyclic) bond motifs is 1. The lowest BCUT2D eigenvalue weighted by Crippen LogP contribution is -2.35. The molecule has 0 spiro atoms. The zero-order valence-corrected chi connectivity index (χ0v) is 21.4. The largest absolute Gasteiger partial charge is 0.337 e. The highest BCUT2D eigenvalue weighted by Crippen LogP contribution is 2.44. The van der Waals surface area contributed by atoms with Gasteiger partial charge in [0.1, 0.15) is 14.2 Å². The topological polar surface area (TPSA) is 112 Å². The average Bonchev–Trinajstić information content (AvgIpc) is 3.43. The van der Waals surface area contributed by atoms with Gasteiger partial charge in [-0.3, -0.25) is 18.7 Å². The smallest absolute Gasteiger partial charge is 0.294 e. The molecule has 0 atom stereocenters. The molecule has 2 aliphatic rings. The van der Waals surface area contributed by atoms with E-state index in [0.717, 1.165) is 20.6 Å². The van der Waals surface area contributed by atoms with E-state index in [1.807, 2.05) is 43.1 Å². The molecule has 5 rings (SSSR count). The maximum atomic E-state index is 13.5. The van der Waals surface area contributed by atoms with Gasteiger partial charge in [0.15, 0.2) is 0 Å². The van der Waals surface area contributed by atoms with Crippen LogP contribution < -0.4 is 24.7 Å². The van der Waals surface area contributed by atoms with Crippen molar-refractivity contribution in [3.05, 3.63) is 68.1 Å². The molecular weight excluding hydrogens is 508 g/mol. The number of amides is 1. The lowest BCUT2D eigenvalue weighted by Gasteiger charge is -2.12. The molecule has 1 amide bonds. The van der Waals surface area contributed by atoms with Gasteiger partial charge in [-0.15, -0.1) is 11.3 Å². The van der Waals surface area contributed by atoms with Crippen LogP contribution in [0.15, 0.2) is 68.2 Å². The van der Waals surface area contributed by atoms with E-state index in [2.05, 4.69) is 5.10 Å². The summed E-state index contributed by atoms with van der Waals surface area (Å²) in [6.07, 6.45) is 0. The van der Waals surface area contributed by atoms with E-state index in [0.29, 0.717) is 21.5 Å². The number of thioether (sulfide) groups is 1. The normalized spacial score (nSPS) is 18.9. The first-order valence-electron chi connectivity index (χ1n) is 10.6. The van der Waals surface area contributed by atoms with E-state index in [4.69, 9.17) is 0 Å². The van der Waals surface area contributed by atoms with E-state index in [9.17, 15) is 22.6 Å². The molecular formula is C23H20N4O5S3. The van der Waals surface area contributed by atoms with Gasteiger partial charge in [0, 0.05) is 18.5 Å². The van der Waals surface area contributed by atoms with Crippen LogP contribution in [0.2, 0.25) is 0 Å². The van der Waals surface area contributed by atoms with Gasteiger partial charge in [-0.2, -0.15) is 18.5 Å². The Kier molecular flexibility index (Phi) is 5.71. The summed E-state index contributed by atoms with van der Waals surface area (Å²) in [5, 5.41) is 6.22. The number of carbonyl (C=O) groups excluding carboxylic acids is 1. The maximum absolute atomic E-state index is 13.5. The van der Waals surface area contributed by atoms with E-state index >= 15 is 0 Å². The lowest BCUT2D eigenvalue weighted by atomic mass is 10.2. The number of thiazole rings is 1. The molecule has 0 saturated carbocycles. The Morgan fingerprint density at radius 3 is 2.51 bits per heavy atom. The van der Waals surface area contributed by atoms with Gasteiger partial charge >= 0.3 is 0 Å². The number of para-hydroxylation sites is 1. The second kappa shape index (κ2) is 8.48. The molecule has 0 fully saturated rings. The standard InChI is InChI=1S/C23H20N4O5S3/c1-4-26-21(29)19(23-25(3)16-10-5-6-11-17(16)33-23)34-22(26)18-13(2)24-27(20(18)28)14-8-7-9-15(12-14)35(30,31)32/h5-12H,4H2,1-3H3,(H,30,31,32). The van der Waals surface area contributed by atoms with Crippen LogP contribution in [0, 0.1) is 0 Å². The fraction of sp³-hybridized carbons (Fsp3) is 0.174. The highest BCUT2D eigenvalue weighted by Gasteiger charge is 2.32. The molecule has 2 aliphatic heterocycles. The summed E-state index contributed by atoms with van der Waals surface area (Å²) in [5.41, 5.74) is 1.70. The molecule has 0 unspecified atom stereocenters. The number of rotatable bonds is 3. The minimum absolute atomic E-state index is 0.186. The van der Waals surface area contributed by atoms with Gasteiger partial charge in [0.25, 0.3) is 21.6 Å². The van der Waals surface area contributed by atoms with Gasteiger partial charge in [-0.05, 0) is 44.2 Å². The summed E-state index contributed by atoms with van der Waals surface area (Å²) in [4.78, 5) is 29.6. The summed E-state index contributed by atoms with van der Waals surface area (Å²) >= 11 is 2.76. The molecule has 12 heteroatoms. The molecule has 1 N–H and O–H groups in total. The Balaban J connectivity index is 1.69. The first kappa shape index (κ1) is 23.5. The molecule has 9 nitrogen and oxygen atoms in total. The molecule has 2 aromatic carbocycles. The van der Waals surface area contributed by atoms with Crippen LogP contribution in [0.25, 0.3) is 10.6 Å². The molecule has 0 radical (unpaired) electrons. The highest BCUT2D eigenvalue weighted by molar-refractivity contribution is 8.08. The Morgan fingerprint density at radius 1 is 1.09 bits per heavy atom. The van der Waals surface area contributed by atoms with Crippen LogP contribution >= 0.6 is 23.1 Å². The van der Waals surface area contributed by atoms with E-state index in [1.54, 1.807) is 11.5 Å². The maximum Gasteiger partial charge on any atom is 0.294 e. The Morgan fingerprint density at radius 2 is 1.83 bits per heavy atom. The summed E-state index contributed by atoms with van der Waals surface area (Å²) in [5.74, 6) is -0.481. The Bertz CT molecular complexity index is 1720. The summed E-state index contributed by atoms with van der Waals surface area (Å²) in [6, 6.07) is 13.2. The number of hydrogen-bond donors (Lipinski definition) is 1. The minimum atomic E-state index is -4.45. The van der Waals surface area contributed by atoms with Gasteiger partial charge in [0.2, 0.25) is 0 Å². The SMILES string of the molecule is CCn1c(=C2C(=O)N(c3cccc(S(=O)(=O)O)c3)N=C2C)sc(=C2Sc3ccccc3N2C)c1=O. The van der Waals surface area contributed by atoms with Crippen LogP contribution in [0.4, 0.5) is 11.4 Å². The number of aromatic nitrogens is 1. The van der Waals surface area contributed by atoms with E-state index < -0.39 is 16.0 Å². The fourth-order valence-corrected chi connectivity index (χ4v) is 7.15. The van der Waals surface area contributed by atoms with Crippen molar-refractivity contribution in [2.45, 2.75) is 30.2 Å². The van der Waals surface area contributed by atoms with Gasteiger partial charge in [0.05, 0.1) is 27.6 Å². The second-order valence-corrected chi connectivity index (χ2v) is 11.3. The van der Waals surface area contributed by atoms with Gasteiger partial charge in [-0.25, -0.2) is 0 Å². The molecule has 0 saturated heterocycles. The predicted octanol–water partition coefficient (Wildman–Crippen LogP) is 2.06. The zero-order chi connectivity index (χ0) is 25.1. The summed E-state index contributed by atoms with van der Waals surface area (Å²) in [6.45, 7) is 3.87. The van der Waals surface area contributed by atoms with Crippen molar-refractivity contribution in [1.82, 2.24) is 4.57 Å². The summed E-state index contributed by atoms with van der Waals surface area (Å²) < 4.78 is 35.1. The van der Waals surface area contributed by atoms with Crippen LogP contribution in [0.3, 0.4) is 0 Å². The van der Waals surface area contributed by atoms with Crippen molar-refractivity contribution in [3.8, 4) is 0 Å². The molecule has 0 bridgehead atoms. The molecule has 1 aromatic heterocycles. The third kappa shape index (κ3) is 3.82. The van der Waals surface area contributed by atoms with Crippen molar-refractivity contribution < 1.29 is 17.8 Å². The summed E-state index contributed by atoms with van der Waals surface area (Å²) in [7, 11) is -2.54. The average molecular weight is 529 g/mol. The van der Waals surface area contributed by atoms with E-state index in [1.165, 1.54) is 47.4 Å². The first-order valence-corrected chi connectivity index (χ1v) is 13.7. The van der Waals surface area contributed by atoms with Crippen LogP contribution in [-0.2, 0) is 21.5 Å². The predicted molar refractivity (Wildman–Crippen MR) is 138 cm³/mol. The quantitative estimate of drug-likeness (QED) is 0.518. The van der Waals surface area contributed by atoms with Crippen LogP contribution in [0.1, 0.15) is 13.8 Å².